The number of ether oxygens (including phenoxy) is 1. The van der Waals surface area contributed by atoms with Crippen LogP contribution < -0.4 is 0 Å². The van der Waals surface area contributed by atoms with E-state index in [-0.39, 0.29) is 0 Å². The van der Waals surface area contributed by atoms with Crippen molar-refractivity contribution in [3.8, 4) is 0 Å². The van der Waals surface area contributed by atoms with Crippen LogP contribution in [0.1, 0.15) is 20.3 Å². The Labute approximate surface area is 56.7 Å². The van der Waals surface area contributed by atoms with Crippen molar-refractivity contribution in [3.63, 3.8) is 0 Å². The molecule has 1 nitrogen and oxygen atoms in total. The number of rotatable bonds is 1. The molecule has 0 fully saturated rings. The van der Waals surface area contributed by atoms with E-state index in [4.69, 9.17) is 4.74 Å². The molecule has 1 aliphatic carbocycles. The minimum Gasteiger partial charge on any atom is -0.381 e. The van der Waals surface area contributed by atoms with Gasteiger partial charge >= 0.3 is 0 Å². The van der Waals surface area contributed by atoms with Crippen LogP contribution in [0.15, 0.2) is 11.6 Å². The third-order valence-corrected chi connectivity index (χ3v) is 1.96. The van der Waals surface area contributed by atoms with E-state index in [1.54, 1.807) is 7.11 Å². The summed E-state index contributed by atoms with van der Waals surface area (Å²) in [5.41, 5.74) is 1.47. The monoisotopic (exact) mass is 126 g/mol. The summed E-state index contributed by atoms with van der Waals surface area (Å²) in [5, 5.41) is 0. The van der Waals surface area contributed by atoms with Gasteiger partial charge in [-0.05, 0) is 13.3 Å². The van der Waals surface area contributed by atoms with Crippen molar-refractivity contribution in [2.24, 2.45) is 5.92 Å². The van der Waals surface area contributed by atoms with E-state index >= 15 is 0 Å². The molecule has 0 aromatic heterocycles. The van der Waals surface area contributed by atoms with Crippen LogP contribution in [0.2, 0.25) is 0 Å². The summed E-state index contributed by atoms with van der Waals surface area (Å²) in [5.74, 6) is 0.620. The minimum absolute atomic E-state index is 0.449. The number of hydrogen-bond donors (Lipinski definition) is 0. The normalized spacial score (nSPS) is 34.8. The largest absolute Gasteiger partial charge is 0.381 e. The van der Waals surface area contributed by atoms with Crippen molar-refractivity contribution in [2.45, 2.75) is 26.4 Å². The molecular formula is C8H14O. The molecule has 9 heavy (non-hydrogen) atoms. The number of hydrogen-bond acceptors (Lipinski definition) is 1. The van der Waals surface area contributed by atoms with E-state index in [1.807, 2.05) is 0 Å². The van der Waals surface area contributed by atoms with Crippen LogP contribution in [0.3, 0.4) is 0 Å². The maximum Gasteiger partial charge on any atom is 0.0668 e. The molecule has 1 heteroatoms. The second-order valence-electron chi connectivity index (χ2n) is 2.85. The fourth-order valence-corrected chi connectivity index (χ4v) is 1.43. The lowest BCUT2D eigenvalue weighted by molar-refractivity contribution is 0.0836. The smallest absolute Gasteiger partial charge is 0.0668 e. The zero-order valence-corrected chi connectivity index (χ0v) is 6.35. The molecule has 2 unspecified atom stereocenters. The van der Waals surface area contributed by atoms with E-state index in [9.17, 15) is 0 Å². The lowest BCUT2D eigenvalue weighted by Crippen LogP contribution is -2.13. The molecule has 0 aromatic rings. The fourth-order valence-electron chi connectivity index (χ4n) is 1.43. The molecule has 1 aliphatic rings. The summed E-state index contributed by atoms with van der Waals surface area (Å²) in [7, 11) is 1.79. The molecule has 0 aliphatic heterocycles. The van der Waals surface area contributed by atoms with Gasteiger partial charge in [0.2, 0.25) is 0 Å². The first kappa shape index (κ1) is 6.81. The Kier molecular flexibility index (Phi) is 1.91. The maximum atomic E-state index is 5.24. The molecule has 0 heterocycles. The summed E-state index contributed by atoms with van der Waals surface area (Å²) in [6.07, 6.45) is 3.86. The van der Waals surface area contributed by atoms with E-state index in [2.05, 4.69) is 19.9 Å². The zero-order chi connectivity index (χ0) is 6.85. The van der Waals surface area contributed by atoms with E-state index < -0.39 is 0 Å². The van der Waals surface area contributed by atoms with Gasteiger partial charge in [-0.25, -0.2) is 0 Å². The highest BCUT2D eigenvalue weighted by Gasteiger charge is 2.20. The molecule has 0 saturated heterocycles. The highest BCUT2D eigenvalue weighted by Crippen LogP contribution is 2.25. The quantitative estimate of drug-likeness (QED) is 0.488. The van der Waals surface area contributed by atoms with Gasteiger partial charge in [0, 0.05) is 13.0 Å². The van der Waals surface area contributed by atoms with Crippen molar-refractivity contribution in [2.75, 3.05) is 7.11 Å². The molecule has 1 rings (SSSR count). The molecule has 0 spiro atoms. The van der Waals surface area contributed by atoms with E-state index in [0.717, 1.165) is 6.42 Å². The molecule has 52 valence electrons. The van der Waals surface area contributed by atoms with Gasteiger partial charge in [-0.2, -0.15) is 0 Å². The third kappa shape index (κ3) is 1.33. The predicted molar refractivity (Wildman–Crippen MR) is 38.3 cm³/mol. The third-order valence-electron chi connectivity index (χ3n) is 1.96. The van der Waals surface area contributed by atoms with Gasteiger partial charge < -0.3 is 4.74 Å². The van der Waals surface area contributed by atoms with E-state index in [0.29, 0.717) is 12.0 Å². The first-order chi connectivity index (χ1) is 4.24. The van der Waals surface area contributed by atoms with Gasteiger partial charge in [0.25, 0.3) is 0 Å². The molecule has 0 amide bonds. The van der Waals surface area contributed by atoms with Crippen molar-refractivity contribution in [1.82, 2.24) is 0 Å². The van der Waals surface area contributed by atoms with Crippen LogP contribution in [-0.2, 0) is 4.74 Å². The second kappa shape index (κ2) is 2.53. The molecule has 0 radical (unpaired) electrons. The van der Waals surface area contributed by atoms with Crippen molar-refractivity contribution < 1.29 is 4.74 Å². The molecule has 0 bridgehead atoms. The van der Waals surface area contributed by atoms with Gasteiger partial charge in [-0.1, -0.05) is 18.6 Å². The standard InChI is InChI=1S/C8H14O/c1-6-4-7(2)8(5-6)9-3/h4,7-8H,5H2,1-3H3. The average molecular weight is 126 g/mol. The van der Waals surface area contributed by atoms with Gasteiger partial charge in [0.1, 0.15) is 0 Å². The molecule has 0 saturated carbocycles. The summed E-state index contributed by atoms with van der Waals surface area (Å²) in [6.45, 7) is 4.36. The Morgan fingerprint density at radius 1 is 1.67 bits per heavy atom. The van der Waals surface area contributed by atoms with Crippen LogP contribution in [0.5, 0.6) is 0 Å². The summed E-state index contributed by atoms with van der Waals surface area (Å²) < 4.78 is 5.24. The first-order valence-corrected chi connectivity index (χ1v) is 3.44. The van der Waals surface area contributed by atoms with E-state index in [1.165, 1.54) is 5.57 Å². The summed E-state index contributed by atoms with van der Waals surface area (Å²) >= 11 is 0. The van der Waals surface area contributed by atoms with Crippen LogP contribution >= 0.6 is 0 Å². The topological polar surface area (TPSA) is 9.23 Å². The average Bonchev–Trinajstić information content (AvgIpc) is 2.10. The Morgan fingerprint density at radius 3 is 2.56 bits per heavy atom. The minimum atomic E-state index is 0.449. The Balaban J connectivity index is 2.49. The highest BCUT2D eigenvalue weighted by molar-refractivity contribution is 5.11. The Hall–Kier alpha value is -0.300. The van der Waals surface area contributed by atoms with Gasteiger partial charge in [-0.15, -0.1) is 0 Å². The van der Waals surface area contributed by atoms with Crippen molar-refractivity contribution in [3.05, 3.63) is 11.6 Å². The lowest BCUT2D eigenvalue weighted by Gasteiger charge is -2.11. The molecule has 2 atom stereocenters. The van der Waals surface area contributed by atoms with Crippen molar-refractivity contribution >= 4 is 0 Å². The van der Waals surface area contributed by atoms with Crippen LogP contribution in [-0.4, -0.2) is 13.2 Å². The fraction of sp³-hybridized carbons (Fsp3) is 0.750. The van der Waals surface area contributed by atoms with Gasteiger partial charge in [-0.3, -0.25) is 0 Å². The second-order valence-corrected chi connectivity index (χ2v) is 2.85. The Bertz CT molecular complexity index is 127. The molecule has 0 N–H and O–H groups in total. The Morgan fingerprint density at radius 2 is 2.33 bits per heavy atom. The molecule has 0 aromatic carbocycles. The van der Waals surface area contributed by atoms with Crippen molar-refractivity contribution in [1.29, 1.82) is 0 Å². The van der Waals surface area contributed by atoms with Gasteiger partial charge in [0.05, 0.1) is 6.10 Å². The van der Waals surface area contributed by atoms with Crippen LogP contribution in [0, 0.1) is 5.92 Å². The van der Waals surface area contributed by atoms with Crippen LogP contribution in [0.25, 0.3) is 0 Å². The summed E-state index contributed by atoms with van der Waals surface area (Å²) in [4.78, 5) is 0. The SMILES string of the molecule is COC1CC(C)=CC1C. The number of methoxy groups -OCH3 is 1. The highest BCUT2D eigenvalue weighted by atomic mass is 16.5. The molecular weight excluding hydrogens is 112 g/mol. The maximum absolute atomic E-state index is 5.24. The zero-order valence-electron chi connectivity index (χ0n) is 6.35. The van der Waals surface area contributed by atoms with Crippen LogP contribution in [0.4, 0.5) is 0 Å². The first-order valence-electron chi connectivity index (χ1n) is 3.44. The lowest BCUT2D eigenvalue weighted by atomic mass is 10.1. The van der Waals surface area contributed by atoms with Gasteiger partial charge in [0.15, 0.2) is 0 Å². The predicted octanol–water partition coefficient (Wildman–Crippen LogP) is 1.99. The summed E-state index contributed by atoms with van der Waals surface area (Å²) in [6, 6.07) is 0.